The molecule has 0 amide bonds. The SMILES string of the molecule is CCc1nncn1CCNC(=NCc1ccccc1)NCCc1ccc2c(c1)OCO2. The minimum Gasteiger partial charge on any atom is -0.454 e. The van der Waals surface area contributed by atoms with E-state index in [4.69, 9.17) is 14.5 Å². The van der Waals surface area contributed by atoms with Crippen molar-refractivity contribution in [2.24, 2.45) is 4.99 Å². The first-order chi connectivity index (χ1) is 15.3. The molecule has 0 atom stereocenters. The highest BCUT2D eigenvalue weighted by Crippen LogP contribution is 2.32. The fourth-order valence-corrected chi connectivity index (χ4v) is 3.38. The van der Waals surface area contributed by atoms with Crippen LogP contribution in [-0.2, 0) is 25.9 Å². The monoisotopic (exact) mass is 420 g/mol. The van der Waals surface area contributed by atoms with Crippen molar-refractivity contribution in [3.05, 3.63) is 71.8 Å². The molecule has 3 aromatic rings. The van der Waals surface area contributed by atoms with Crippen LogP contribution in [0.1, 0.15) is 23.9 Å². The smallest absolute Gasteiger partial charge is 0.231 e. The molecule has 1 aliphatic heterocycles. The number of hydrogen-bond acceptors (Lipinski definition) is 5. The van der Waals surface area contributed by atoms with E-state index >= 15 is 0 Å². The molecule has 1 aliphatic rings. The number of aryl methyl sites for hydroxylation is 1. The Morgan fingerprint density at radius 3 is 2.74 bits per heavy atom. The topological polar surface area (TPSA) is 85.6 Å². The number of aliphatic imine (C=N–C) groups is 1. The Hall–Kier alpha value is -3.55. The molecule has 0 spiro atoms. The van der Waals surface area contributed by atoms with Gasteiger partial charge in [-0.2, -0.15) is 0 Å². The van der Waals surface area contributed by atoms with Crippen LogP contribution in [0.15, 0.2) is 59.9 Å². The molecule has 0 fully saturated rings. The Morgan fingerprint density at radius 2 is 1.87 bits per heavy atom. The minimum absolute atomic E-state index is 0.295. The zero-order chi connectivity index (χ0) is 21.3. The average Bonchev–Trinajstić information content (AvgIpc) is 3.46. The lowest BCUT2D eigenvalue weighted by Gasteiger charge is -2.14. The Morgan fingerprint density at radius 1 is 1.03 bits per heavy atom. The van der Waals surface area contributed by atoms with Crippen LogP contribution in [0.3, 0.4) is 0 Å². The molecule has 1 aromatic heterocycles. The lowest BCUT2D eigenvalue weighted by Crippen LogP contribution is -2.40. The molecule has 2 N–H and O–H groups in total. The average molecular weight is 421 g/mol. The molecule has 2 heterocycles. The maximum absolute atomic E-state index is 5.47. The number of benzene rings is 2. The highest BCUT2D eigenvalue weighted by Gasteiger charge is 2.13. The molecule has 4 rings (SSSR count). The van der Waals surface area contributed by atoms with Crippen LogP contribution in [0.4, 0.5) is 0 Å². The number of nitrogens with zero attached hydrogens (tertiary/aromatic N) is 4. The highest BCUT2D eigenvalue weighted by molar-refractivity contribution is 5.79. The van der Waals surface area contributed by atoms with E-state index in [2.05, 4.69) is 50.5 Å². The lowest BCUT2D eigenvalue weighted by atomic mass is 10.1. The second kappa shape index (κ2) is 10.5. The van der Waals surface area contributed by atoms with Crippen molar-refractivity contribution < 1.29 is 9.47 Å². The van der Waals surface area contributed by atoms with Gasteiger partial charge in [-0.1, -0.05) is 43.3 Å². The van der Waals surface area contributed by atoms with Gasteiger partial charge in [0.1, 0.15) is 12.2 Å². The fraction of sp³-hybridized carbons (Fsp3) is 0.348. The molecule has 8 nitrogen and oxygen atoms in total. The van der Waals surface area contributed by atoms with Crippen LogP contribution in [-0.4, -0.2) is 40.6 Å². The van der Waals surface area contributed by atoms with Gasteiger partial charge in [0.05, 0.1) is 6.54 Å². The normalized spacial score (nSPS) is 12.7. The molecular weight excluding hydrogens is 392 g/mol. The van der Waals surface area contributed by atoms with E-state index < -0.39 is 0 Å². The molecule has 31 heavy (non-hydrogen) atoms. The standard InChI is InChI=1S/C23H28N6O2/c1-2-22-28-27-16-29(22)13-12-25-23(26-15-19-6-4-3-5-7-19)24-11-10-18-8-9-20-21(14-18)31-17-30-20/h3-9,14,16H,2,10-13,15,17H2,1H3,(H2,24,25,26). The van der Waals surface area contributed by atoms with E-state index in [1.54, 1.807) is 6.33 Å². The van der Waals surface area contributed by atoms with Crippen molar-refractivity contribution in [3.63, 3.8) is 0 Å². The van der Waals surface area contributed by atoms with Crippen LogP contribution >= 0.6 is 0 Å². The summed E-state index contributed by atoms with van der Waals surface area (Å²) in [5.41, 5.74) is 2.36. The van der Waals surface area contributed by atoms with Gasteiger partial charge in [-0.3, -0.25) is 0 Å². The van der Waals surface area contributed by atoms with Gasteiger partial charge in [0.25, 0.3) is 0 Å². The van der Waals surface area contributed by atoms with Crippen molar-refractivity contribution in [1.29, 1.82) is 0 Å². The van der Waals surface area contributed by atoms with Crippen molar-refractivity contribution in [1.82, 2.24) is 25.4 Å². The van der Waals surface area contributed by atoms with E-state index in [1.165, 1.54) is 11.1 Å². The van der Waals surface area contributed by atoms with Crippen LogP contribution in [0, 0.1) is 0 Å². The van der Waals surface area contributed by atoms with Gasteiger partial charge >= 0.3 is 0 Å². The van der Waals surface area contributed by atoms with Gasteiger partial charge in [0.15, 0.2) is 17.5 Å². The van der Waals surface area contributed by atoms with Gasteiger partial charge < -0.3 is 24.7 Å². The third-order valence-corrected chi connectivity index (χ3v) is 5.06. The summed E-state index contributed by atoms with van der Waals surface area (Å²) in [7, 11) is 0. The predicted octanol–water partition coefficient (Wildman–Crippen LogP) is 2.55. The van der Waals surface area contributed by atoms with Gasteiger partial charge in [-0.15, -0.1) is 10.2 Å². The van der Waals surface area contributed by atoms with Crippen LogP contribution < -0.4 is 20.1 Å². The molecule has 162 valence electrons. The maximum atomic E-state index is 5.47. The number of ether oxygens (including phenoxy) is 2. The molecule has 2 aromatic carbocycles. The molecule has 0 saturated carbocycles. The highest BCUT2D eigenvalue weighted by atomic mass is 16.7. The summed E-state index contributed by atoms with van der Waals surface area (Å²) in [6, 6.07) is 16.3. The third kappa shape index (κ3) is 5.75. The minimum atomic E-state index is 0.295. The number of hydrogen-bond donors (Lipinski definition) is 2. The van der Waals surface area contributed by atoms with Crippen molar-refractivity contribution >= 4 is 5.96 Å². The number of aromatic nitrogens is 3. The Labute approximate surface area is 182 Å². The summed E-state index contributed by atoms with van der Waals surface area (Å²) in [6.45, 7) is 5.27. The number of guanidine groups is 1. The quantitative estimate of drug-likeness (QED) is 0.409. The summed E-state index contributed by atoms with van der Waals surface area (Å²) >= 11 is 0. The van der Waals surface area contributed by atoms with Gasteiger partial charge in [-0.05, 0) is 29.7 Å². The summed E-state index contributed by atoms with van der Waals surface area (Å²) < 4.78 is 12.9. The molecule has 0 aliphatic carbocycles. The number of rotatable bonds is 9. The summed E-state index contributed by atoms with van der Waals surface area (Å²) in [5, 5.41) is 15.0. The molecule has 0 bridgehead atoms. The summed E-state index contributed by atoms with van der Waals surface area (Å²) in [5.74, 6) is 3.40. The molecule has 0 saturated heterocycles. The van der Waals surface area contributed by atoms with Crippen LogP contribution in [0.2, 0.25) is 0 Å². The zero-order valence-corrected chi connectivity index (χ0v) is 17.8. The first-order valence-corrected chi connectivity index (χ1v) is 10.6. The molecule has 0 unspecified atom stereocenters. The molecule has 8 heteroatoms. The summed E-state index contributed by atoms with van der Waals surface area (Å²) in [6.07, 6.45) is 3.49. The van der Waals surface area contributed by atoms with Gasteiger partial charge in [0.2, 0.25) is 6.79 Å². The first-order valence-electron chi connectivity index (χ1n) is 10.6. The summed E-state index contributed by atoms with van der Waals surface area (Å²) in [4.78, 5) is 4.75. The maximum Gasteiger partial charge on any atom is 0.231 e. The largest absolute Gasteiger partial charge is 0.454 e. The van der Waals surface area contributed by atoms with Crippen LogP contribution in [0.25, 0.3) is 0 Å². The fourth-order valence-electron chi connectivity index (χ4n) is 3.38. The third-order valence-electron chi connectivity index (χ3n) is 5.06. The Bertz CT molecular complexity index is 1000. The van der Waals surface area contributed by atoms with E-state index in [1.807, 2.05) is 30.3 Å². The van der Waals surface area contributed by atoms with Crippen molar-refractivity contribution in [2.45, 2.75) is 32.9 Å². The van der Waals surface area contributed by atoms with Crippen molar-refractivity contribution in [2.75, 3.05) is 19.9 Å². The van der Waals surface area contributed by atoms with E-state index in [-0.39, 0.29) is 0 Å². The van der Waals surface area contributed by atoms with E-state index in [0.29, 0.717) is 13.3 Å². The molecular formula is C23H28N6O2. The molecule has 0 radical (unpaired) electrons. The van der Waals surface area contributed by atoms with E-state index in [0.717, 1.165) is 55.8 Å². The second-order valence-corrected chi connectivity index (χ2v) is 7.24. The Balaban J connectivity index is 1.33. The zero-order valence-electron chi connectivity index (χ0n) is 17.8. The number of nitrogens with one attached hydrogen (secondary N) is 2. The first kappa shape index (κ1) is 20.7. The van der Waals surface area contributed by atoms with Crippen LogP contribution in [0.5, 0.6) is 11.5 Å². The van der Waals surface area contributed by atoms with Gasteiger partial charge in [-0.25, -0.2) is 4.99 Å². The van der Waals surface area contributed by atoms with E-state index in [9.17, 15) is 0 Å². The second-order valence-electron chi connectivity index (χ2n) is 7.24. The lowest BCUT2D eigenvalue weighted by molar-refractivity contribution is 0.174. The van der Waals surface area contributed by atoms with Gasteiger partial charge in [0, 0.05) is 26.1 Å². The number of fused-ring (bicyclic) bond motifs is 1. The Kier molecular flexibility index (Phi) is 7.00. The predicted molar refractivity (Wildman–Crippen MR) is 119 cm³/mol. The van der Waals surface area contributed by atoms with Crippen molar-refractivity contribution in [3.8, 4) is 11.5 Å².